The van der Waals surface area contributed by atoms with E-state index in [-0.39, 0.29) is 0 Å². The molecular formula is C8H10FN3O6S2. The smallest absolute Gasteiger partial charge is 0.422 e. The van der Waals surface area contributed by atoms with Crippen LogP contribution in [0.1, 0.15) is 0 Å². The molecule has 0 aliphatic carbocycles. The van der Waals surface area contributed by atoms with E-state index in [1.165, 1.54) is 4.72 Å². The van der Waals surface area contributed by atoms with Crippen molar-refractivity contribution in [1.29, 1.82) is 0 Å². The van der Waals surface area contributed by atoms with Crippen LogP contribution in [-0.4, -0.2) is 30.0 Å². The third-order valence-corrected chi connectivity index (χ3v) is 3.75. The number of carbonyl (C=O) groups is 1. The fraction of sp³-hybridized carbons (Fsp3) is 0.125. The van der Waals surface area contributed by atoms with E-state index in [1.807, 2.05) is 0 Å². The quantitative estimate of drug-likeness (QED) is 0.679. The van der Waals surface area contributed by atoms with Gasteiger partial charge < -0.3 is 4.74 Å². The molecule has 0 spiro atoms. The van der Waals surface area contributed by atoms with E-state index in [0.29, 0.717) is 6.07 Å². The van der Waals surface area contributed by atoms with Gasteiger partial charge in [0.2, 0.25) is 10.0 Å². The molecule has 1 rings (SSSR count). The number of halogens is 1. The van der Waals surface area contributed by atoms with Crippen LogP contribution in [0.15, 0.2) is 23.1 Å². The van der Waals surface area contributed by atoms with Gasteiger partial charge in [0.1, 0.15) is 5.82 Å². The summed E-state index contributed by atoms with van der Waals surface area (Å²) in [6.45, 7) is 0. The minimum Gasteiger partial charge on any atom is -0.452 e. The summed E-state index contributed by atoms with van der Waals surface area (Å²) >= 11 is 0. The Bertz CT molecular complexity index is 731. The lowest BCUT2D eigenvalue weighted by molar-refractivity contribution is 0.177. The fourth-order valence-electron chi connectivity index (χ4n) is 1.08. The second-order valence-electron chi connectivity index (χ2n) is 3.39. The topological polar surface area (TPSA) is 145 Å². The second kappa shape index (κ2) is 5.60. The number of hydrogen-bond acceptors (Lipinski definition) is 6. The number of hydrogen-bond donors (Lipinski definition) is 3. The predicted molar refractivity (Wildman–Crippen MR) is 65.9 cm³/mol. The van der Waals surface area contributed by atoms with Crippen molar-refractivity contribution in [3.05, 3.63) is 24.0 Å². The number of amides is 1. The molecule has 4 N–H and O–H groups in total. The molecule has 1 amide bonds. The molecule has 0 heterocycles. The number of anilines is 1. The van der Waals surface area contributed by atoms with Crippen molar-refractivity contribution in [2.75, 3.05) is 11.8 Å². The van der Waals surface area contributed by atoms with Gasteiger partial charge in [0.25, 0.3) is 0 Å². The number of nitrogens with two attached hydrogens (primary N) is 1. The van der Waals surface area contributed by atoms with Gasteiger partial charge in [0, 0.05) is 0 Å². The number of nitrogens with one attached hydrogen (secondary N) is 2. The molecule has 0 saturated carbocycles. The van der Waals surface area contributed by atoms with E-state index in [2.05, 4.69) is 4.74 Å². The molecule has 1 aromatic carbocycles. The third-order valence-electron chi connectivity index (χ3n) is 1.92. The minimum absolute atomic E-state index is 0.529. The standard InChI is InChI=1S/C8H10FN3O6S2/c1-18-8(13)12-20(16,17)11-7-3-2-5(4-6(7)9)19(10,14)15/h2-4,11H,1H3,(H,12,13)(H2,10,14,15). The molecule has 9 nitrogen and oxygen atoms in total. The molecule has 20 heavy (non-hydrogen) atoms. The van der Waals surface area contributed by atoms with E-state index in [9.17, 15) is 26.0 Å². The average Bonchev–Trinajstić information content (AvgIpc) is 2.29. The number of carbonyl (C=O) groups excluding carboxylic acids is 1. The zero-order valence-corrected chi connectivity index (χ0v) is 11.6. The molecule has 0 aromatic heterocycles. The summed E-state index contributed by atoms with van der Waals surface area (Å²) in [5.74, 6) is -1.19. The van der Waals surface area contributed by atoms with Crippen LogP contribution in [0.4, 0.5) is 14.9 Å². The molecule has 0 atom stereocenters. The largest absolute Gasteiger partial charge is 0.452 e. The summed E-state index contributed by atoms with van der Waals surface area (Å²) in [5.41, 5.74) is -0.575. The molecular weight excluding hydrogens is 317 g/mol. The molecule has 0 fully saturated rings. The Morgan fingerprint density at radius 2 is 1.90 bits per heavy atom. The van der Waals surface area contributed by atoms with Gasteiger partial charge in [-0.15, -0.1) is 0 Å². The summed E-state index contributed by atoms with van der Waals surface area (Å²) in [7, 11) is -7.59. The Morgan fingerprint density at radius 3 is 2.35 bits per heavy atom. The first-order chi connectivity index (χ1) is 9.05. The Hall–Kier alpha value is -1.92. The molecule has 112 valence electrons. The van der Waals surface area contributed by atoms with Crippen molar-refractivity contribution in [2.24, 2.45) is 5.14 Å². The van der Waals surface area contributed by atoms with Crippen LogP contribution in [-0.2, 0) is 25.0 Å². The number of primary sulfonamides is 1. The fourth-order valence-corrected chi connectivity index (χ4v) is 2.41. The number of sulfonamides is 1. The monoisotopic (exact) mass is 327 g/mol. The third kappa shape index (κ3) is 4.32. The number of benzene rings is 1. The maximum Gasteiger partial charge on any atom is 0.422 e. The van der Waals surface area contributed by atoms with Crippen LogP contribution >= 0.6 is 0 Å². The summed E-state index contributed by atoms with van der Waals surface area (Å²) in [4.78, 5) is 10.2. The van der Waals surface area contributed by atoms with Crippen LogP contribution in [0.25, 0.3) is 0 Å². The van der Waals surface area contributed by atoms with E-state index < -0.39 is 42.7 Å². The van der Waals surface area contributed by atoms with Crippen molar-refractivity contribution in [1.82, 2.24) is 4.72 Å². The van der Waals surface area contributed by atoms with E-state index in [1.54, 1.807) is 4.72 Å². The van der Waals surface area contributed by atoms with Gasteiger partial charge in [-0.05, 0) is 18.2 Å². The lowest BCUT2D eigenvalue weighted by Gasteiger charge is -2.09. The summed E-state index contributed by atoms with van der Waals surface area (Å²) in [6, 6.07) is 2.27. The predicted octanol–water partition coefficient (Wildman–Crippen LogP) is -0.514. The maximum absolute atomic E-state index is 13.5. The van der Waals surface area contributed by atoms with Gasteiger partial charge >= 0.3 is 16.3 Å². The summed E-state index contributed by atoms with van der Waals surface area (Å²) < 4.78 is 65.4. The first-order valence-electron chi connectivity index (χ1n) is 4.76. The van der Waals surface area contributed by atoms with Crippen LogP contribution in [0.3, 0.4) is 0 Å². The molecule has 0 bridgehead atoms. The normalized spacial score (nSPS) is 11.8. The van der Waals surface area contributed by atoms with Crippen LogP contribution in [0.5, 0.6) is 0 Å². The first-order valence-corrected chi connectivity index (χ1v) is 7.79. The van der Waals surface area contributed by atoms with Crippen molar-refractivity contribution >= 4 is 32.0 Å². The van der Waals surface area contributed by atoms with Gasteiger partial charge in [-0.25, -0.2) is 27.5 Å². The molecule has 0 aliphatic heterocycles. The van der Waals surface area contributed by atoms with Gasteiger partial charge in [-0.2, -0.15) is 8.42 Å². The molecule has 12 heteroatoms. The van der Waals surface area contributed by atoms with Crippen LogP contribution in [0, 0.1) is 5.82 Å². The lowest BCUT2D eigenvalue weighted by atomic mass is 10.3. The van der Waals surface area contributed by atoms with Crippen molar-refractivity contribution < 1.29 is 30.8 Å². The molecule has 0 unspecified atom stereocenters. The molecule has 1 aromatic rings. The van der Waals surface area contributed by atoms with E-state index >= 15 is 0 Å². The second-order valence-corrected chi connectivity index (χ2v) is 6.36. The highest BCUT2D eigenvalue weighted by molar-refractivity contribution is 7.91. The Balaban J connectivity index is 3.03. The number of rotatable bonds is 4. The lowest BCUT2D eigenvalue weighted by Crippen LogP contribution is -2.35. The van der Waals surface area contributed by atoms with Crippen molar-refractivity contribution in [3.63, 3.8) is 0 Å². The number of methoxy groups -OCH3 is 1. The molecule has 0 radical (unpaired) electrons. The zero-order chi connectivity index (χ0) is 15.6. The van der Waals surface area contributed by atoms with Crippen LogP contribution < -0.4 is 14.6 Å². The van der Waals surface area contributed by atoms with E-state index in [0.717, 1.165) is 19.2 Å². The zero-order valence-electron chi connectivity index (χ0n) is 9.95. The first kappa shape index (κ1) is 16.1. The highest BCUT2D eigenvalue weighted by atomic mass is 32.2. The van der Waals surface area contributed by atoms with Crippen molar-refractivity contribution in [2.45, 2.75) is 4.90 Å². The molecule has 0 saturated heterocycles. The Labute approximate surface area is 114 Å². The SMILES string of the molecule is COC(=O)NS(=O)(=O)Nc1ccc(S(N)(=O)=O)cc1F. The minimum atomic E-state index is -4.41. The van der Waals surface area contributed by atoms with Gasteiger partial charge in [-0.3, -0.25) is 4.72 Å². The van der Waals surface area contributed by atoms with Crippen LogP contribution in [0.2, 0.25) is 0 Å². The Kier molecular flexibility index (Phi) is 4.52. The van der Waals surface area contributed by atoms with Gasteiger partial charge in [0.05, 0.1) is 17.7 Å². The van der Waals surface area contributed by atoms with Crippen molar-refractivity contribution in [3.8, 4) is 0 Å². The maximum atomic E-state index is 13.5. The highest BCUT2D eigenvalue weighted by Crippen LogP contribution is 2.18. The van der Waals surface area contributed by atoms with Gasteiger partial charge in [-0.1, -0.05) is 0 Å². The Morgan fingerprint density at radius 1 is 1.30 bits per heavy atom. The number of ether oxygens (including phenoxy) is 1. The highest BCUT2D eigenvalue weighted by Gasteiger charge is 2.18. The average molecular weight is 327 g/mol. The van der Waals surface area contributed by atoms with E-state index in [4.69, 9.17) is 5.14 Å². The molecule has 0 aliphatic rings. The summed E-state index contributed by atoms with van der Waals surface area (Å²) in [6.07, 6.45) is -1.28. The van der Waals surface area contributed by atoms with Gasteiger partial charge in [0.15, 0.2) is 0 Å². The summed E-state index contributed by atoms with van der Waals surface area (Å²) in [5, 5.41) is 4.78.